The first kappa shape index (κ1) is 21.3. The van der Waals surface area contributed by atoms with Crippen LogP contribution in [0.1, 0.15) is 11.1 Å². The number of carbonyl (C=O) groups is 1. The molecule has 8 nitrogen and oxygen atoms in total. The highest BCUT2D eigenvalue weighted by molar-refractivity contribution is 7.99. The van der Waals surface area contributed by atoms with Crippen LogP contribution in [0.3, 0.4) is 0 Å². The Hall–Kier alpha value is -3.56. The first-order valence-electron chi connectivity index (χ1n) is 10.7. The summed E-state index contributed by atoms with van der Waals surface area (Å²) in [6.07, 6.45) is 6.22. The fourth-order valence-corrected chi connectivity index (χ4v) is 4.71. The summed E-state index contributed by atoms with van der Waals surface area (Å²) in [4.78, 5) is 20.8. The summed E-state index contributed by atoms with van der Waals surface area (Å²) in [5, 5.41) is 16.5. The van der Waals surface area contributed by atoms with E-state index in [1.165, 1.54) is 0 Å². The minimum Gasteiger partial charge on any atom is -0.394 e. The number of amides is 1. The average Bonchev–Trinajstić information content (AvgIpc) is 3.40. The Bertz CT molecular complexity index is 1320. The molecule has 0 saturated heterocycles. The molecule has 0 saturated carbocycles. The molecule has 1 amide bonds. The molecule has 1 aliphatic heterocycles. The van der Waals surface area contributed by atoms with Crippen LogP contribution in [0.15, 0.2) is 60.9 Å². The van der Waals surface area contributed by atoms with Gasteiger partial charge in [0.25, 0.3) is 0 Å². The second kappa shape index (κ2) is 9.13. The Kier molecular flexibility index (Phi) is 5.89. The van der Waals surface area contributed by atoms with Crippen molar-refractivity contribution in [1.29, 1.82) is 0 Å². The quantitative estimate of drug-likeness (QED) is 0.344. The first-order valence-corrected chi connectivity index (χ1v) is 11.8. The van der Waals surface area contributed by atoms with Gasteiger partial charge in [-0.2, -0.15) is 4.98 Å². The van der Waals surface area contributed by atoms with E-state index in [1.807, 2.05) is 55.0 Å². The number of nitrogens with zero attached hydrogens (tertiary/aromatic N) is 4. The van der Waals surface area contributed by atoms with Gasteiger partial charge in [-0.15, -0.1) is 0 Å². The van der Waals surface area contributed by atoms with E-state index in [4.69, 9.17) is 4.98 Å². The van der Waals surface area contributed by atoms with Crippen molar-refractivity contribution in [2.24, 2.45) is 0 Å². The smallest absolute Gasteiger partial charge is 0.229 e. The van der Waals surface area contributed by atoms with E-state index >= 15 is 0 Å². The maximum atomic E-state index is 11.6. The molecule has 2 aromatic carbocycles. The van der Waals surface area contributed by atoms with Gasteiger partial charge in [0, 0.05) is 35.4 Å². The van der Waals surface area contributed by atoms with E-state index in [2.05, 4.69) is 36.6 Å². The van der Waals surface area contributed by atoms with Gasteiger partial charge >= 0.3 is 0 Å². The molecule has 0 bridgehead atoms. The van der Waals surface area contributed by atoms with Gasteiger partial charge in [0.2, 0.25) is 11.9 Å². The number of aliphatic hydroxyl groups is 1. The van der Waals surface area contributed by atoms with E-state index < -0.39 is 0 Å². The number of carbonyl (C=O) groups excluding carboxylic acids is 1. The predicted molar refractivity (Wildman–Crippen MR) is 133 cm³/mol. The van der Waals surface area contributed by atoms with Gasteiger partial charge in [-0.05, 0) is 41.5 Å². The lowest BCUT2D eigenvalue weighted by Crippen LogP contribution is -2.20. The van der Waals surface area contributed by atoms with Gasteiger partial charge < -0.3 is 24.6 Å². The fraction of sp³-hybridized carbons (Fsp3) is 0.208. The average molecular weight is 461 g/mol. The van der Waals surface area contributed by atoms with Crippen molar-refractivity contribution < 1.29 is 9.90 Å². The number of benzene rings is 2. The summed E-state index contributed by atoms with van der Waals surface area (Å²) in [6, 6.07) is 16.0. The van der Waals surface area contributed by atoms with Gasteiger partial charge in [0.05, 0.1) is 31.8 Å². The van der Waals surface area contributed by atoms with E-state index in [0.717, 1.165) is 39.2 Å². The van der Waals surface area contributed by atoms with Crippen molar-refractivity contribution in [2.75, 3.05) is 34.3 Å². The van der Waals surface area contributed by atoms with Crippen molar-refractivity contribution in [1.82, 2.24) is 14.5 Å². The van der Waals surface area contributed by atoms with Crippen LogP contribution in [0.4, 0.5) is 23.0 Å². The number of nitrogens with one attached hydrogen (secondary N) is 2. The molecular formula is C24H24N6O2S. The third-order valence-corrected chi connectivity index (χ3v) is 6.43. The van der Waals surface area contributed by atoms with E-state index in [9.17, 15) is 9.90 Å². The SMILES string of the molecule is CSN(CCO)c1ccccc1Cn1ccc2cnc(Nc3ccc4c(c3)CC(=O)N4)nc21. The molecule has 9 heteroatoms. The lowest BCUT2D eigenvalue weighted by Gasteiger charge is -2.23. The zero-order valence-electron chi connectivity index (χ0n) is 18.2. The molecule has 3 heterocycles. The summed E-state index contributed by atoms with van der Waals surface area (Å²) in [5.74, 6) is 0.510. The van der Waals surface area contributed by atoms with Crippen LogP contribution in [0.25, 0.3) is 11.0 Å². The number of rotatable bonds is 8. The Morgan fingerprint density at radius 1 is 1.24 bits per heavy atom. The number of hydrogen-bond acceptors (Lipinski definition) is 7. The molecule has 5 rings (SSSR count). The minimum atomic E-state index is 0.0111. The molecule has 4 aromatic rings. The Morgan fingerprint density at radius 3 is 2.97 bits per heavy atom. The second-order valence-corrected chi connectivity index (χ2v) is 8.58. The number of para-hydroxylation sites is 1. The molecule has 0 fully saturated rings. The van der Waals surface area contributed by atoms with Crippen LogP contribution in [-0.2, 0) is 17.8 Å². The van der Waals surface area contributed by atoms with Crippen molar-refractivity contribution in [3.8, 4) is 0 Å². The molecule has 2 aromatic heterocycles. The molecule has 168 valence electrons. The molecular weight excluding hydrogens is 436 g/mol. The Morgan fingerprint density at radius 2 is 2.12 bits per heavy atom. The Balaban J connectivity index is 1.42. The zero-order valence-corrected chi connectivity index (χ0v) is 19.0. The number of aromatic nitrogens is 3. The summed E-state index contributed by atoms with van der Waals surface area (Å²) < 4.78 is 4.19. The molecule has 0 radical (unpaired) electrons. The molecule has 3 N–H and O–H groups in total. The zero-order chi connectivity index (χ0) is 22.8. The monoisotopic (exact) mass is 460 g/mol. The third kappa shape index (κ3) is 4.37. The van der Waals surface area contributed by atoms with Crippen LogP contribution < -0.4 is 14.9 Å². The number of aliphatic hydroxyl groups excluding tert-OH is 1. The standard InChI is InChI=1S/C24H24N6O2S/c1-33-30(10-11-31)21-5-3-2-4-17(21)15-29-9-8-16-14-25-24(28-23(16)29)26-19-6-7-20-18(12-19)13-22(32)27-20/h2-9,12,14,31H,10-11,13,15H2,1H3,(H,27,32)(H,25,26,28). The van der Waals surface area contributed by atoms with Crippen molar-refractivity contribution in [2.45, 2.75) is 13.0 Å². The summed E-state index contributed by atoms with van der Waals surface area (Å²) in [7, 11) is 0. The minimum absolute atomic E-state index is 0.0111. The molecule has 0 spiro atoms. The first-order chi connectivity index (χ1) is 16.1. The van der Waals surface area contributed by atoms with Crippen LogP contribution in [0.2, 0.25) is 0 Å². The number of fused-ring (bicyclic) bond motifs is 2. The normalized spacial score (nSPS) is 12.6. The van der Waals surface area contributed by atoms with Crippen molar-refractivity contribution in [3.63, 3.8) is 0 Å². The fourth-order valence-electron chi connectivity index (χ4n) is 4.07. The van der Waals surface area contributed by atoms with Gasteiger partial charge in [0.1, 0.15) is 5.65 Å². The summed E-state index contributed by atoms with van der Waals surface area (Å²) in [5.41, 5.74) is 5.71. The summed E-state index contributed by atoms with van der Waals surface area (Å²) in [6.45, 7) is 1.30. The number of hydrogen-bond donors (Lipinski definition) is 3. The number of anilines is 4. The van der Waals surface area contributed by atoms with Gasteiger partial charge in [-0.25, -0.2) is 4.98 Å². The highest BCUT2D eigenvalue weighted by Crippen LogP contribution is 2.29. The van der Waals surface area contributed by atoms with Gasteiger partial charge in [-0.3, -0.25) is 4.79 Å². The van der Waals surface area contributed by atoms with Gasteiger partial charge in [0.15, 0.2) is 0 Å². The van der Waals surface area contributed by atoms with Crippen LogP contribution >= 0.6 is 11.9 Å². The molecule has 1 aliphatic rings. The predicted octanol–water partition coefficient (Wildman–Crippen LogP) is 3.79. The highest BCUT2D eigenvalue weighted by atomic mass is 32.2. The van der Waals surface area contributed by atoms with Crippen molar-refractivity contribution >= 4 is 51.9 Å². The second-order valence-electron chi connectivity index (χ2n) is 7.78. The maximum absolute atomic E-state index is 11.6. The van der Waals surface area contributed by atoms with Gasteiger partial charge in [-0.1, -0.05) is 30.1 Å². The third-order valence-electron chi connectivity index (χ3n) is 5.61. The Labute approximate surface area is 195 Å². The van der Waals surface area contributed by atoms with E-state index in [-0.39, 0.29) is 12.5 Å². The van der Waals surface area contributed by atoms with Crippen LogP contribution in [0.5, 0.6) is 0 Å². The molecule has 33 heavy (non-hydrogen) atoms. The lowest BCUT2D eigenvalue weighted by atomic mass is 10.1. The molecule has 0 atom stereocenters. The lowest BCUT2D eigenvalue weighted by molar-refractivity contribution is -0.115. The van der Waals surface area contributed by atoms with Crippen LogP contribution in [0, 0.1) is 0 Å². The molecule has 0 aliphatic carbocycles. The van der Waals surface area contributed by atoms with E-state index in [0.29, 0.717) is 25.5 Å². The largest absolute Gasteiger partial charge is 0.394 e. The topological polar surface area (TPSA) is 95.3 Å². The van der Waals surface area contributed by atoms with Crippen molar-refractivity contribution in [3.05, 3.63) is 72.1 Å². The van der Waals surface area contributed by atoms with E-state index in [1.54, 1.807) is 11.9 Å². The van der Waals surface area contributed by atoms with Crippen LogP contribution in [-0.4, -0.2) is 45.0 Å². The summed E-state index contributed by atoms with van der Waals surface area (Å²) >= 11 is 1.59. The highest BCUT2D eigenvalue weighted by Gasteiger charge is 2.18. The molecule has 0 unspecified atom stereocenters. The maximum Gasteiger partial charge on any atom is 0.229 e.